The molecule has 1 unspecified atom stereocenters. The van der Waals surface area contributed by atoms with Crippen molar-refractivity contribution in [2.24, 2.45) is 0 Å². The lowest BCUT2D eigenvalue weighted by Crippen LogP contribution is -2.40. The largest absolute Gasteiger partial charge is 0.357 e. The van der Waals surface area contributed by atoms with E-state index in [0.717, 1.165) is 17.7 Å². The Hall–Kier alpha value is -3.29. The molecule has 0 aromatic heterocycles. The third-order valence-corrected chi connectivity index (χ3v) is 3.97. The topological polar surface area (TPSA) is 87.3 Å². The van der Waals surface area contributed by atoms with Gasteiger partial charge in [-0.05, 0) is 23.3 Å². The maximum absolute atomic E-state index is 13.4. The van der Waals surface area contributed by atoms with Gasteiger partial charge in [-0.25, -0.2) is 8.78 Å². The molecule has 2 aromatic rings. The maximum Gasteiger partial charge on any atom is 0.246 e. The summed E-state index contributed by atoms with van der Waals surface area (Å²) in [7, 11) is 1.37. The monoisotopic (exact) mass is 389 g/mol. The van der Waals surface area contributed by atoms with Crippen LogP contribution in [-0.4, -0.2) is 31.3 Å². The first-order valence-corrected chi connectivity index (χ1v) is 8.67. The molecule has 0 bridgehead atoms. The van der Waals surface area contributed by atoms with Gasteiger partial charge in [-0.3, -0.25) is 14.4 Å². The molecule has 28 heavy (non-hydrogen) atoms. The maximum atomic E-state index is 13.4. The molecule has 0 aliphatic rings. The summed E-state index contributed by atoms with van der Waals surface area (Å²) >= 11 is 0. The van der Waals surface area contributed by atoms with Gasteiger partial charge in [-0.1, -0.05) is 36.4 Å². The predicted octanol–water partition coefficient (Wildman–Crippen LogP) is 1.62. The van der Waals surface area contributed by atoms with Crippen LogP contribution >= 0.6 is 0 Å². The lowest BCUT2D eigenvalue weighted by molar-refractivity contribution is -0.129. The quantitative estimate of drug-likeness (QED) is 0.641. The number of hydrogen-bond donors (Lipinski definition) is 3. The lowest BCUT2D eigenvalue weighted by Gasteiger charge is -2.18. The molecule has 0 saturated heterocycles. The summed E-state index contributed by atoms with van der Waals surface area (Å²) in [5.41, 5.74) is 0.960. The smallest absolute Gasteiger partial charge is 0.246 e. The van der Waals surface area contributed by atoms with E-state index < -0.39 is 29.5 Å². The van der Waals surface area contributed by atoms with Crippen molar-refractivity contribution in [3.8, 4) is 0 Å². The molecule has 0 aliphatic heterocycles. The molecule has 2 rings (SSSR count). The summed E-state index contributed by atoms with van der Waals surface area (Å²) in [6.07, 6.45) is 0.121. The molecule has 3 N–H and O–H groups in total. The molecule has 0 aliphatic carbocycles. The summed E-state index contributed by atoms with van der Waals surface area (Å²) < 4.78 is 26.6. The second-order valence-corrected chi connectivity index (χ2v) is 6.05. The van der Waals surface area contributed by atoms with Crippen molar-refractivity contribution in [2.75, 3.05) is 13.6 Å². The molecule has 8 heteroatoms. The third-order valence-electron chi connectivity index (χ3n) is 3.97. The number of amides is 3. The summed E-state index contributed by atoms with van der Waals surface area (Å²) in [5, 5.41) is 7.45. The van der Waals surface area contributed by atoms with Gasteiger partial charge < -0.3 is 16.0 Å². The van der Waals surface area contributed by atoms with Crippen LogP contribution in [0.15, 0.2) is 48.5 Å². The summed E-state index contributed by atoms with van der Waals surface area (Å²) in [4.78, 5) is 36.0. The molecule has 0 saturated carbocycles. The Kier molecular flexibility index (Phi) is 7.62. The van der Waals surface area contributed by atoms with E-state index >= 15 is 0 Å². The number of hydrogen-bond acceptors (Lipinski definition) is 3. The van der Waals surface area contributed by atoms with E-state index in [4.69, 9.17) is 0 Å². The number of halogens is 2. The fraction of sp³-hybridized carbons (Fsp3) is 0.250. The van der Waals surface area contributed by atoms with Gasteiger partial charge in [0.25, 0.3) is 0 Å². The highest BCUT2D eigenvalue weighted by Gasteiger charge is 2.23. The van der Waals surface area contributed by atoms with E-state index in [1.807, 2.05) is 30.3 Å². The van der Waals surface area contributed by atoms with Crippen LogP contribution in [0.2, 0.25) is 0 Å². The molecule has 3 amide bonds. The van der Waals surface area contributed by atoms with Crippen molar-refractivity contribution in [2.45, 2.75) is 18.9 Å². The Bertz CT molecular complexity index is 844. The summed E-state index contributed by atoms with van der Waals surface area (Å²) in [5.74, 6) is -3.49. The van der Waals surface area contributed by atoms with Crippen LogP contribution in [0.1, 0.15) is 23.6 Å². The van der Waals surface area contributed by atoms with Crippen molar-refractivity contribution in [1.82, 2.24) is 16.0 Å². The normalized spacial score (nSPS) is 11.4. The Morgan fingerprint density at radius 1 is 0.964 bits per heavy atom. The molecule has 6 nitrogen and oxygen atoms in total. The van der Waals surface area contributed by atoms with Crippen LogP contribution in [-0.2, 0) is 20.8 Å². The predicted molar refractivity (Wildman–Crippen MR) is 99.1 cm³/mol. The second-order valence-electron chi connectivity index (χ2n) is 6.05. The van der Waals surface area contributed by atoms with E-state index in [0.29, 0.717) is 0 Å². The highest BCUT2D eigenvalue weighted by molar-refractivity contribution is 5.88. The van der Waals surface area contributed by atoms with Gasteiger partial charge in [0, 0.05) is 20.0 Å². The molecule has 148 valence electrons. The molecule has 0 spiro atoms. The van der Waals surface area contributed by atoms with Gasteiger partial charge >= 0.3 is 0 Å². The highest BCUT2D eigenvalue weighted by Crippen LogP contribution is 2.17. The molecular weight excluding hydrogens is 368 g/mol. The zero-order chi connectivity index (χ0) is 20.5. The number of likely N-dealkylation sites (N-methyl/N-ethyl adjacent to an activating group) is 1. The Morgan fingerprint density at radius 3 is 2.32 bits per heavy atom. The average Bonchev–Trinajstić information content (AvgIpc) is 2.68. The van der Waals surface area contributed by atoms with Crippen LogP contribution in [0, 0.1) is 11.6 Å². The summed E-state index contributed by atoms with van der Waals surface area (Å²) in [6, 6.07) is 10.9. The fourth-order valence-corrected chi connectivity index (χ4v) is 2.53. The van der Waals surface area contributed by atoms with Crippen LogP contribution in [0.25, 0.3) is 0 Å². The zero-order valence-corrected chi connectivity index (χ0v) is 15.3. The van der Waals surface area contributed by atoms with Gasteiger partial charge in [0.2, 0.25) is 17.7 Å². The first-order valence-electron chi connectivity index (χ1n) is 8.67. The lowest BCUT2D eigenvalue weighted by atomic mass is 10.1. The van der Waals surface area contributed by atoms with Crippen molar-refractivity contribution >= 4 is 17.7 Å². The first-order chi connectivity index (χ1) is 13.4. The van der Waals surface area contributed by atoms with E-state index in [-0.39, 0.29) is 30.9 Å². The summed E-state index contributed by atoms with van der Waals surface area (Å²) in [6.45, 7) is 0.0791. The molecule has 0 radical (unpaired) electrons. The van der Waals surface area contributed by atoms with Crippen LogP contribution < -0.4 is 16.0 Å². The minimum Gasteiger partial charge on any atom is -0.357 e. The van der Waals surface area contributed by atoms with Gasteiger partial charge in [0.15, 0.2) is 11.6 Å². The van der Waals surface area contributed by atoms with Crippen molar-refractivity contribution < 1.29 is 23.2 Å². The van der Waals surface area contributed by atoms with Crippen LogP contribution in [0.5, 0.6) is 0 Å². The third kappa shape index (κ3) is 6.15. The first kappa shape index (κ1) is 21.0. The number of benzene rings is 2. The van der Waals surface area contributed by atoms with E-state index in [2.05, 4.69) is 16.0 Å². The van der Waals surface area contributed by atoms with Gasteiger partial charge in [-0.15, -0.1) is 0 Å². The highest BCUT2D eigenvalue weighted by atomic mass is 19.2. The van der Waals surface area contributed by atoms with Crippen LogP contribution in [0.4, 0.5) is 8.78 Å². The van der Waals surface area contributed by atoms with E-state index in [1.54, 1.807) is 0 Å². The molecular formula is C20H21F2N3O3. The van der Waals surface area contributed by atoms with E-state index in [1.165, 1.54) is 13.1 Å². The Balaban J connectivity index is 1.88. The van der Waals surface area contributed by atoms with Gasteiger partial charge in [-0.2, -0.15) is 0 Å². The number of nitrogens with one attached hydrogen (secondary N) is 3. The number of rotatable bonds is 8. The Labute approximate surface area is 161 Å². The van der Waals surface area contributed by atoms with Crippen LogP contribution in [0.3, 0.4) is 0 Å². The van der Waals surface area contributed by atoms with Gasteiger partial charge in [0.05, 0.1) is 6.42 Å². The molecule has 0 heterocycles. The minimum atomic E-state index is -1.17. The molecule has 0 fully saturated rings. The number of carbonyl (C=O) groups excluding carboxylic acids is 3. The fourth-order valence-electron chi connectivity index (χ4n) is 2.53. The van der Waals surface area contributed by atoms with Crippen molar-refractivity contribution in [3.63, 3.8) is 0 Å². The zero-order valence-electron chi connectivity index (χ0n) is 15.3. The minimum absolute atomic E-state index is 0.0717. The van der Waals surface area contributed by atoms with E-state index in [9.17, 15) is 23.2 Å². The molecule has 2 aromatic carbocycles. The second kappa shape index (κ2) is 10.1. The Morgan fingerprint density at radius 2 is 1.68 bits per heavy atom. The van der Waals surface area contributed by atoms with Crippen molar-refractivity contribution in [1.29, 1.82) is 0 Å². The SMILES string of the molecule is CNC(=O)C(NC(=O)CCNC(=O)Cc1ccccc1)c1ccc(F)c(F)c1. The number of carbonyl (C=O) groups is 3. The molecule has 1 atom stereocenters. The van der Waals surface area contributed by atoms with Gasteiger partial charge in [0.1, 0.15) is 6.04 Å². The average molecular weight is 389 g/mol. The van der Waals surface area contributed by atoms with Crippen molar-refractivity contribution in [3.05, 3.63) is 71.3 Å². The standard InChI is InChI=1S/C20H21F2N3O3/c1-23-20(28)19(14-7-8-15(21)16(22)12-14)25-17(26)9-10-24-18(27)11-13-5-3-2-4-6-13/h2-8,12,19H,9-11H2,1H3,(H,23,28)(H,24,27)(H,25,26).